The van der Waals surface area contributed by atoms with Crippen molar-refractivity contribution in [3.8, 4) is 5.75 Å². The Morgan fingerprint density at radius 1 is 0.292 bits per heavy atom. The Bertz CT molecular complexity index is 1770. The van der Waals surface area contributed by atoms with Crippen molar-refractivity contribution in [2.45, 2.75) is 11.6 Å². The molecule has 0 bridgehead atoms. The molecule has 0 saturated heterocycles. The molecule has 4 aromatic rings. The van der Waals surface area contributed by atoms with Crippen LogP contribution in [0.4, 0.5) is 83.4 Å². The summed E-state index contributed by atoms with van der Waals surface area (Å²) in [6, 6.07) is 0. The lowest BCUT2D eigenvalue weighted by Gasteiger charge is -2.45. The summed E-state index contributed by atoms with van der Waals surface area (Å²) < 4.78 is 291. The van der Waals surface area contributed by atoms with Crippen LogP contribution in [0.2, 0.25) is 11.6 Å². The summed E-state index contributed by atoms with van der Waals surface area (Å²) in [7, 11) is 0. The molecule has 0 amide bonds. The van der Waals surface area contributed by atoms with Gasteiger partial charge in [0.25, 0.3) is 0 Å². The standard InChI is InChI=1S/C24HBF19O.2CH3.Al/c26-5-1(6(27)14(35)19(40)13(5)34)25(2-7(28)15(36)20(41)16(37)8(2)29,3-9(30)17(38)21(42)18(39)10(3)31)4-11(32)22(43)24(45)23(44)12(4)33;;;/h45H;2*1H3;/q-1;;;+1/p-1. The number of hydrogen-bond acceptors (Lipinski definition) is 1. The monoisotopic (exact) mass is 733 g/mol. The fraction of sp³-hybridized carbons (Fsp3) is 0.0769. The summed E-state index contributed by atoms with van der Waals surface area (Å²) in [6.07, 6.45) is -7.12. The molecule has 0 radical (unpaired) electrons. The van der Waals surface area contributed by atoms with Gasteiger partial charge < -0.3 is 3.79 Å². The van der Waals surface area contributed by atoms with E-state index >= 15 is 43.9 Å². The molecule has 0 spiro atoms. The van der Waals surface area contributed by atoms with Gasteiger partial charge in [-0.1, -0.05) is 11.6 Å². The van der Waals surface area contributed by atoms with E-state index in [-0.39, 0.29) is 0 Å². The Kier molecular flexibility index (Phi) is 9.53. The minimum atomic E-state index is -7.12. The van der Waals surface area contributed by atoms with Crippen molar-refractivity contribution < 1.29 is 87.2 Å². The molecule has 0 aromatic heterocycles. The average Bonchev–Trinajstić information content (AvgIpc) is 3.03. The first-order valence-electron chi connectivity index (χ1n) is 12.3. The predicted octanol–water partition coefficient (Wildman–Crippen LogP) is 6.34. The van der Waals surface area contributed by atoms with Gasteiger partial charge in [-0.15, -0.1) is 21.9 Å². The van der Waals surface area contributed by atoms with E-state index in [1.807, 2.05) is 0 Å². The molecular weight excluding hydrogens is 727 g/mol. The third kappa shape index (κ3) is 4.89. The summed E-state index contributed by atoms with van der Waals surface area (Å²) in [5.74, 6) is -65.5. The van der Waals surface area contributed by atoms with Crippen LogP contribution in [0.25, 0.3) is 0 Å². The molecule has 4 rings (SSSR count). The molecule has 0 aliphatic heterocycles. The van der Waals surface area contributed by atoms with Crippen LogP contribution in [0.3, 0.4) is 0 Å². The number of benzene rings is 4. The van der Waals surface area contributed by atoms with Gasteiger partial charge in [-0.25, -0.2) is 74.6 Å². The van der Waals surface area contributed by atoms with Gasteiger partial charge >= 0.3 is 14.5 Å². The lowest BCUT2D eigenvalue weighted by molar-refractivity contribution is 0.379. The van der Waals surface area contributed by atoms with Crippen LogP contribution in [-0.2, 0) is 0 Å². The second-order valence-electron chi connectivity index (χ2n) is 9.98. The lowest BCUT2D eigenvalue weighted by atomic mass is 9.12. The first-order chi connectivity index (χ1) is 22.1. The maximum absolute atomic E-state index is 16.0. The maximum Gasteiger partial charge on any atom is 0.540 e. The van der Waals surface area contributed by atoms with E-state index in [0.29, 0.717) is 0 Å². The highest BCUT2D eigenvalue weighted by Gasteiger charge is 2.52. The van der Waals surface area contributed by atoms with Gasteiger partial charge in [0, 0.05) is 0 Å². The molecule has 0 aliphatic carbocycles. The molecule has 1 nitrogen and oxygen atoms in total. The molecule has 0 saturated carbocycles. The summed E-state index contributed by atoms with van der Waals surface area (Å²) in [5.41, 5.74) is -13.8. The van der Waals surface area contributed by atoms with Gasteiger partial charge in [0.2, 0.25) is 0 Å². The number of hydrogen-bond donors (Lipinski definition) is 0. The summed E-state index contributed by atoms with van der Waals surface area (Å²) in [5, 5.41) is 0. The minimum Gasteiger partial charge on any atom is -0.639 e. The minimum absolute atomic E-state index is 1.05. The quantitative estimate of drug-likeness (QED) is 0.0975. The Morgan fingerprint density at radius 2 is 0.458 bits per heavy atom. The Balaban J connectivity index is 2.66. The maximum atomic E-state index is 16.0. The normalized spacial score (nSPS) is 11.9. The van der Waals surface area contributed by atoms with Gasteiger partial charge in [-0.05, 0) is 0 Å². The highest BCUT2D eigenvalue weighted by Crippen LogP contribution is 2.33. The molecule has 0 heterocycles. The summed E-state index contributed by atoms with van der Waals surface area (Å²) in [4.78, 5) is 0. The molecule has 0 N–H and O–H groups in total. The summed E-state index contributed by atoms with van der Waals surface area (Å²) >= 11 is -2.93. The van der Waals surface area contributed by atoms with E-state index in [1.165, 1.54) is 0 Å². The van der Waals surface area contributed by atoms with Gasteiger partial charge in [0.05, 0.1) is 0 Å². The van der Waals surface area contributed by atoms with Crippen LogP contribution in [0, 0.1) is 111 Å². The molecule has 0 unspecified atom stereocenters. The first kappa shape index (κ1) is 36.8. The Labute approximate surface area is 257 Å². The third-order valence-corrected chi connectivity index (χ3v) is 7.78. The zero-order valence-electron chi connectivity index (χ0n) is 22.7. The fourth-order valence-corrected chi connectivity index (χ4v) is 5.90. The van der Waals surface area contributed by atoms with E-state index in [0.717, 1.165) is 11.6 Å². The van der Waals surface area contributed by atoms with Crippen molar-refractivity contribution in [3.05, 3.63) is 111 Å². The molecule has 22 heteroatoms. The Morgan fingerprint density at radius 3 is 0.646 bits per heavy atom. The first-order valence-corrected chi connectivity index (χ1v) is 15.1. The van der Waals surface area contributed by atoms with Crippen LogP contribution >= 0.6 is 0 Å². The van der Waals surface area contributed by atoms with E-state index in [1.54, 1.807) is 0 Å². The van der Waals surface area contributed by atoms with Crippen molar-refractivity contribution in [1.29, 1.82) is 0 Å². The van der Waals surface area contributed by atoms with Crippen LogP contribution in [-0.4, -0.2) is 20.6 Å². The molecule has 0 atom stereocenters. The second kappa shape index (κ2) is 12.4. The van der Waals surface area contributed by atoms with Gasteiger partial charge in [0.15, 0.2) is 69.7 Å². The highest BCUT2D eigenvalue weighted by molar-refractivity contribution is 7.20. The average molecular weight is 733 g/mol. The van der Waals surface area contributed by atoms with Crippen LogP contribution < -0.4 is 25.6 Å². The van der Waals surface area contributed by atoms with Crippen molar-refractivity contribution in [1.82, 2.24) is 0 Å². The molecular formula is C26H6AlBF19O-. The van der Waals surface area contributed by atoms with Gasteiger partial charge in [-0.3, -0.25) is 0 Å². The largest absolute Gasteiger partial charge is 0.639 e. The summed E-state index contributed by atoms with van der Waals surface area (Å²) in [6.45, 7) is 0. The predicted molar refractivity (Wildman–Crippen MR) is 127 cm³/mol. The van der Waals surface area contributed by atoms with Crippen molar-refractivity contribution in [2.75, 3.05) is 0 Å². The molecule has 256 valence electrons. The van der Waals surface area contributed by atoms with Crippen LogP contribution in [0.5, 0.6) is 5.75 Å². The van der Waals surface area contributed by atoms with Crippen molar-refractivity contribution >= 4 is 42.5 Å². The second-order valence-corrected chi connectivity index (χ2v) is 12.3. The smallest absolute Gasteiger partial charge is 0.540 e. The van der Waals surface area contributed by atoms with Crippen LogP contribution in [0.1, 0.15) is 0 Å². The van der Waals surface area contributed by atoms with E-state index in [9.17, 15) is 39.5 Å². The van der Waals surface area contributed by atoms with Crippen molar-refractivity contribution in [2.24, 2.45) is 0 Å². The van der Waals surface area contributed by atoms with Gasteiger partial charge in [0.1, 0.15) is 52.7 Å². The zero-order chi connectivity index (χ0) is 36.6. The van der Waals surface area contributed by atoms with Crippen LogP contribution in [0.15, 0.2) is 0 Å². The zero-order valence-corrected chi connectivity index (χ0v) is 23.9. The van der Waals surface area contributed by atoms with E-state index in [4.69, 9.17) is 0 Å². The molecule has 0 aliphatic rings. The topological polar surface area (TPSA) is 9.23 Å². The Hall–Kier alpha value is -4.05. The SMILES string of the molecule is [CH3][Al]([CH3])[O]c1c(F)c(F)c([B-](c2c(F)c(F)c(F)c(F)c2F)(c2c(F)c(F)c(F)c(F)c2F)c2c(F)c(F)c(F)c(F)c2F)c(F)c1F. The van der Waals surface area contributed by atoms with Crippen molar-refractivity contribution in [3.63, 3.8) is 0 Å². The highest BCUT2D eigenvalue weighted by atomic mass is 27.2. The van der Waals surface area contributed by atoms with Gasteiger partial charge in [-0.2, -0.15) is 8.78 Å². The van der Waals surface area contributed by atoms with E-state index in [2.05, 4.69) is 3.79 Å². The van der Waals surface area contributed by atoms with E-state index < -0.39 is 159 Å². The molecule has 48 heavy (non-hydrogen) atoms. The number of halogens is 19. The lowest BCUT2D eigenvalue weighted by Crippen LogP contribution is -2.81. The molecule has 4 aromatic carbocycles. The fourth-order valence-electron chi connectivity index (χ4n) is 5.22. The molecule has 0 fully saturated rings. The third-order valence-electron chi connectivity index (χ3n) is 7.07. The number of rotatable bonds is 6.